The third kappa shape index (κ3) is 2.99. The lowest BCUT2D eigenvalue weighted by atomic mass is 9.31. The number of carbonyl (C=O) groups excluding carboxylic acids is 1. The number of alkyl carbamates (subject to hydrolysis) is 1. The molecule has 136 valence electrons. The van der Waals surface area contributed by atoms with Crippen molar-refractivity contribution in [2.45, 2.75) is 64.0 Å². The summed E-state index contributed by atoms with van der Waals surface area (Å²) in [5.74, 6) is -1.01. The van der Waals surface area contributed by atoms with E-state index in [2.05, 4.69) is 11.4 Å². The van der Waals surface area contributed by atoms with Crippen LogP contribution >= 0.6 is 11.6 Å². The fourth-order valence-corrected chi connectivity index (χ4v) is 4.72. The van der Waals surface area contributed by atoms with E-state index >= 15 is 0 Å². The maximum Gasteiger partial charge on any atom is 0.408 e. The third-order valence-electron chi connectivity index (χ3n) is 5.43. The van der Waals surface area contributed by atoms with Crippen molar-refractivity contribution >= 4 is 23.7 Å². The molecule has 25 heavy (non-hydrogen) atoms. The molecular weight excluding hydrogens is 342 g/mol. The van der Waals surface area contributed by atoms with Gasteiger partial charge >= 0.3 is 12.1 Å². The normalized spacial score (nSPS) is 28.4. The predicted molar refractivity (Wildman–Crippen MR) is 94.9 cm³/mol. The molecule has 4 rings (SSSR count). The first-order valence-corrected chi connectivity index (χ1v) is 8.84. The lowest BCUT2D eigenvalue weighted by Gasteiger charge is -2.73. The van der Waals surface area contributed by atoms with Crippen molar-refractivity contribution in [1.82, 2.24) is 5.32 Å². The summed E-state index contributed by atoms with van der Waals surface area (Å²) in [5.41, 5.74) is 1.20. The van der Waals surface area contributed by atoms with Gasteiger partial charge in [0, 0.05) is 10.4 Å². The summed E-state index contributed by atoms with van der Waals surface area (Å²) in [5, 5.41) is 12.9. The van der Waals surface area contributed by atoms with Gasteiger partial charge in [0.05, 0.1) is 0 Å². The minimum absolute atomic E-state index is 0.00169. The minimum atomic E-state index is -1.01. The number of amides is 1. The molecule has 1 atom stereocenters. The molecule has 0 saturated heterocycles. The van der Waals surface area contributed by atoms with Gasteiger partial charge in [0.25, 0.3) is 0 Å². The van der Waals surface area contributed by atoms with E-state index in [1.165, 1.54) is 5.56 Å². The van der Waals surface area contributed by atoms with Crippen LogP contribution in [0.5, 0.6) is 0 Å². The molecule has 1 aromatic carbocycles. The first-order valence-electron chi connectivity index (χ1n) is 8.46. The summed E-state index contributed by atoms with van der Waals surface area (Å²) in [6, 6.07) is 4.95. The fraction of sp³-hybridized carbons (Fsp3) is 0.579. The van der Waals surface area contributed by atoms with Gasteiger partial charge in [-0.3, -0.25) is 0 Å². The SMILES string of the molecule is Cc1c(Cl)cccc1C12CC(C(NC(=O)OC(C)(C)C)C(=O)O)(C1)C2. The maximum atomic E-state index is 12.0. The predicted octanol–water partition coefficient (Wildman–Crippen LogP) is 4.05. The Morgan fingerprint density at radius 2 is 1.88 bits per heavy atom. The smallest absolute Gasteiger partial charge is 0.408 e. The van der Waals surface area contributed by atoms with Gasteiger partial charge in [-0.15, -0.1) is 0 Å². The standard InChI is InChI=1S/C19H24ClNO4/c1-11-12(6-5-7-13(11)20)18-8-19(9-18,10-18)14(15(22)23)21-16(24)25-17(2,3)4/h5-7,14H,8-10H2,1-4H3,(H,21,24)(H,22,23). The second kappa shape index (κ2) is 5.63. The number of halogens is 1. The van der Waals surface area contributed by atoms with Gasteiger partial charge in [-0.2, -0.15) is 0 Å². The van der Waals surface area contributed by atoms with Crippen LogP contribution < -0.4 is 5.32 Å². The Bertz CT molecular complexity index is 718. The van der Waals surface area contributed by atoms with Crippen molar-refractivity contribution in [3.05, 3.63) is 34.3 Å². The van der Waals surface area contributed by atoms with E-state index in [0.717, 1.165) is 29.8 Å². The third-order valence-corrected chi connectivity index (χ3v) is 5.84. The van der Waals surface area contributed by atoms with Gasteiger partial charge in [0.15, 0.2) is 0 Å². The van der Waals surface area contributed by atoms with Gasteiger partial charge < -0.3 is 15.2 Å². The molecule has 5 nitrogen and oxygen atoms in total. The first kappa shape index (κ1) is 18.1. The summed E-state index contributed by atoms with van der Waals surface area (Å²) in [6.45, 7) is 7.25. The molecule has 1 amide bonds. The highest BCUT2D eigenvalue weighted by atomic mass is 35.5. The van der Waals surface area contributed by atoms with Gasteiger partial charge in [-0.25, -0.2) is 9.59 Å². The van der Waals surface area contributed by atoms with Crippen molar-refractivity contribution in [2.24, 2.45) is 5.41 Å². The largest absolute Gasteiger partial charge is 0.480 e. The number of ether oxygens (including phenoxy) is 1. The lowest BCUT2D eigenvalue weighted by molar-refractivity contribution is -0.183. The van der Waals surface area contributed by atoms with Gasteiger partial charge in [0.1, 0.15) is 11.6 Å². The molecule has 2 N–H and O–H groups in total. The average molecular weight is 366 g/mol. The van der Waals surface area contributed by atoms with Crippen LogP contribution in [0.2, 0.25) is 5.02 Å². The van der Waals surface area contributed by atoms with Gasteiger partial charge in [-0.1, -0.05) is 23.7 Å². The number of hydrogen-bond acceptors (Lipinski definition) is 3. The number of aliphatic carboxylic acids is 1. The molecule has 6 heteroatoms. The number of carboxylic acid groups (broad SMARTS) is 1. The summed E-state index contributed by atoms with van der Waals surface area (Å²) < 4.78 is 5.21. The quantitative estimate of drug-likeness (QED) is 0.844. The lowest BCUT2D eigenvalue weighted by Crippen LogP contribution is -2.73. The van der Waals surface area contributed by atoms with Crippen LogP contribution in [0, 0.1) is 12.3 Å². The Labute approximate surface area is 152 Å². The van der Waals surface area contributed by atoms with Crippen LogP contribution in [0.25, 0.3) is 0 Å². The zero-order valence-electron chi connectivity index (χ0n) is 15.0. The van der Waals surface area contributed by atoms with Crippen LogP contribution in [-0.2, 0) is 14.9 Å². The van der Waals surface area contributed by atoms with E-state index in [1.807, 2.05) is 19.1 Å². The fourth-order valence-electron chi connectivity index (χ4n) is 4.54. The molecule has 3 aliphatic carbocycles. The second-order valence-electron chi connectivity index (χ2n) is 8.50. The van der Waals surface area contributed by atoms with Gasteiger partial charge in [0.2, 0.25) is 0 Å². The van der Waals surface area contributed by atoms with Crippen molar-refractivity contribution in [1.29, 1.82) is 0 Å². The monoisotopic (exact) mass is 365 g/mol. The Morgan fingerprint density at radius 3 is 2.40 bits per heavy atom. The zero-order valence-corrected chi connectivity index (χ0v) is 15.7. The molecule has 0 spiro atoms. The summed E-state index contributed by atoms with van der Waals surface area (Å²) in [4.78, 5) is 23.7. The Hall–Kier alpha value is -1.75. The van der Waals surface area contributed by atoms with Crippen LogP contribution in [0.15, 0.2) is 18.2 Å². The van der Waals surface area contributed by atoms with E-state index in [4.69, 9.17) is 16.3 Å². The molecular formula is C19H24ClNO4. The number of nitrogens with one attached hydrogen (secondary N) is 1. The molecule has 2 bridgehead atoms. The summed E-state index contributed by atoms with van der Waals surface area (Å²) in [6.07, 6.45) is 1.55. The number of rotatable bonds is 4. The van der Waals surface area contributed by atoms with Crippen LogP contribution in [0.3, 0.4) is 0 Å². The van der Waals surface area contributed by atoms with Crippen LogP contribution in [-0.4, -0.2) is 28.8 Å². The number of carboxylic acids is 1. The minimum Gasteiger partial charge on any atom is -0.480 e. The second-order valence-corrected chi connectivity index (χ2v) is 8.91. The van der Waals surface area contributed by atoms with E-state index in [0.29, 0.717) is 0 Å². The van der Waals surface area contributed by atoms with E-state index in [9.17, 15) is 14.7 Å². The van der Waals surface area contributed by atoms with E-state index in [1.54, 1.807) is 20.8 Å². The Kier molecular flexibility index (Phi) is 4.06. The molecule has 1 unspecified atom stereocenters. The molecule has 0 aromatic heterocycles. The topological polar surface area (TPSA) is 75.6 Å². The summed E-state index contributed by atoms with van der Waals surface area (Å²) >= 11 is 6.23. The molecule has 3 saturated carbocycles. The molecule has 0 heterocycles. The molecule has 0 aliphatic heterocycles. The van der Waals surface area contributed by atoms with E-state index < -0.39 is 29.1 Å². The first-order chi connectivity index (χ1) is 11.5. The number of benzene rings is 1. The van der Waals surface area contributed by atoms with Crippen LogP contribution in [0.1, 0.15) is 51.2 Å². The molecule has 3 aliphatic rings. The van der Waals surface area contributed by atoms with Crippen molar-refractivity contribution in [3.8, 4) is 0 Å². The van der Waals surface area contributed by atoms with Crippen molar-refractivity contribution < 1.29 is 19.4 Å². The van der Waals surface area contributed by atoms with Crippen molar-refractivity contribution in [2.75, 3.05) is 0 Å². The Balaban J connectivity index is 1.72. The highest BCUT2D eigenvalue weighted by Crippen LogP contribution is 2.75. The maximum absolute atomic E-state index is 12.0. The molecule has 0 radical (unpaired) electrons. The van der Waals surface area contributed by atoms with Crippen LogP contribution in [0.4, 0.5) is 4.79 Å². The van der Waals surface area contributed by atoms with E-state index in [-0.39, 0.29) is 5.41 Å². The number of carbonyl (C=O) groups is 2. The Morgan fingerprint density at radius 1 is 1.28 bits per heavy atom. The average Bonchev–Trinajstić information content (AvgIpc) is 2.37. The highest BCUT2D eigenvalue weighted by Gasteiger charge is 2.72. The highest BCUT2D eigenvalue weighted by molar-refractivity contribution is 6.31. The molecule has 1 aromatic rings. The summed E-state index contributed by atoms with van der Waals surface area (Å²) in [7, 11) is 0. The van der Waals surface area contributed by atoms with Gasteiger partial charge in [-0.05, 0) is 69.6 Å². The molecule has 3 fully saturated rings. The zero-order chi connectivity index (χ0) is 18.6. The van der Waals surface area contributed by atoms with Crippen molar-refractivity contribution in [3.63, 3.8) is 0 Å². The number of hydrogen-bond donors (Lipinski definition) is 2.